The Kier molecular flexibility index (Phi) is 5.39. The van der Waals surface area contributed by atoms with Gasteiger partial charge in [-0.2, -0.15) is 0 Å². The molecule has 0 bridgehead atoms. The minimum atomic E-state index is -0.648. The van der Waals surface area contributed by atoms with Crippen molar-refractivity contribution in [1.82, 2.24) is 0 Å². The van der Waals surface area contributed by atoms with Crippen LogP contribution in [0, 0.1) is 0 Å². The standard InChI is InChI=1S/C17H14BrNO6/c18-15-5-2-12(25-15)3-6-17(21)24-10-16(20)19-11-1-4-13-14(9-11)23-8-7-22-13/h1-6,9H,7-8,10H2,(H,19,20). The fourth-order valence-electron chi connectivity index (χ4n) is 2.07. The molecule has 25 heavy (non-hydrogen) atoms. The molecule has 1 amide bonds. The molecule has 2 heterocycles. The molecule has 0 aliphatic carbocycles. The van der Waals surface area contributed by atoms with Crippen molar-refractivity contribution in [2.24, 2.45) is 0 Å². The minimum absolute atomic E-state index is 0.403. The molecule has 2 aromatic rings. The molecular formula is C17H14BrNO6. The number of fused-ring (bicyclic) bond motifs is 1. The topological polar surface area (TPSA) is 87.0 Å². The van der Waals surface area contributed by atoms with Crippen LogP contribution in [0.2, 0.25) is 0 Å². The Bertz CT molecular complexity index is 813. The van der Waals surface area contributed by atoms with Gasteiger partial charge in [-0.15, -0.1) is 0 Å². The number of anilines is 1. The van der Waals surface area contributed by atoms with Crippen molar-refractivity contribution in [2.45, 2.75) is 0 Å². The third-order valence-corrected chi connectivity index (χ3v) is 3.58. The van der Waals surface area contributed by atoms with E-state index in [9.17, 15) is 9.59 Å². The molecule has 1 aromatic heterocycles. The van der Waals surface area contributed by atoms with Gasteiger partial charge >= 0.3 is 5.97 Å². The Morgan fingerprint density at radius 1 is 1.16 bits per heavy atom. The Morgan fingerprint density at radius 2 is 1.96 bits per heavy atom. The summed E-state index contributed by atoms with van der Waals surface area (Å²) in [5.74, 6) is 0.576. The Balaban J connectivity index is 1.47. The molecular weight excluding hydrogens is 394 g/mol. The van der Waals surface area contributed by atoms with Gasteiger partial charge in [0.2, 0.25) is 0 Å². The van der Waals surface area contributed by atoms with Gasteiger partial charge < -0.3 is 23.9 Å². The average molecular weight is 408 g/mol. The van der Waals surface area contributed by atoms with Crippen molar-refractivity contribution < 1.29 is 28.2 Å². The third kappa shape index (κ3) is 4.87. The fourth-order valence-corrected chi connectivity index (χ4v) is 2.39. The van der Waals surface area contributed by atoms with E-state index in [1.54, 1.807) is 30.3 Å². The van der Waals surface area contributed by atoms with Crippen LogP contribution in [0.3, 0.4) is 0 Å². The van der Waals surface area contributed by atoms with Crippen LogP contribution < -0.4 is 14.8 Å². The first-order valence-corrected chi connectivity index (χ1v) is 8.19. The number of nitrogens with one attached hydrogen (secondary N) is 1. The molecule has 0 saturated heterocycles. The molecule has 3 rings (SSSR count). The molecule has 0 radical (unpaired) electrons. The Morgan fingerprint density at radius 3 is 2.72 bits per heavy atom. The second-order valence-electron chi connectivity index (χ2n) is 4.99. The Labute approximate surface area is 151 Å². The maximum atomic E-state index is 11.9. The largest absolute Gasteiger partial charge is 0.486 e. The van der Waals surface area contributed by atoms with E-state index in [0.29, 0.717) is 40.8 Å². The molecule has 130 valence electrons. The summed E-state index contributed by atoms with van der Waals surface area (Å²) in [6.45, 7) is 0.553. The van der Waals surface area contributed by atoms with Crippen LogP contribution in [0.25, 0.3) is 6.08 Å². The first kappa shape index (κ1) is 17.1. The number of carbonyl (C=O) groups excluding carboxylic acids is 2. The maximum Gasteiger partial charge on any atom is 0.331 e. The Hall–Kier alpha value is -2.74. The van der Waals surface area contributed by atoms with Crippen LogP contribution in [-0.4, -0.2) is 31.7 Å². The summed E-state index contributed by atoms with van der Waals surface area (Å²) in [5.41, 5.74) is 0.529. The lowest BCUT2D eigenvalue weighted by molar-refractivity contribution is -0.142. The van der Waals surface area contributed by atoms with E-state index in [2.05, 4.69) is 21.2 Å². The lowest BCUT2D eigenvalue weighted by Gasteiger charge is -2.18. The van der Waals surface area contributed by atoms with E-state index in [4.69, 9.17) is 18.6 Å². The summed E-state index contributed by atoms with van der Waals surface area (Å²) in [5, 5.41) is 2.62. The number of furan rings is 1. The molecule has 8 heteroatoms. The fraction of sp³-hybridized carbons (Fsp3) is 0.176. The number of esters is 1. The number of hydrogen-bond acceptors (Lipinski definition) is 6. The summed E-state index contributed by atoms with van der Waals surface area (Å²) in [6, 6.07) is 8.43. The summed E-state index contributed by atoms with van der Waals surface area (Å²) >= 11 is 3.16. The predicted molar refractivity (Wildman–Crippen MR) is 92.5 cm³/mol. The van der Waals surface area contributed by atoms with E-state index in [1.807, 2.05) is 0 Å². The highest BCUT2D eigenvalue weighted by molar-refractivity contribution is 9.10. The van der Waals surface area contributed by atoms with Crippen LogP contribution in [0.1, 0.15) is 5.76 Å². The maximum absolute atomic E-state index is 11.9. The van der Waals surface area contributed by atoms with Crippen molar-refractivity contribution in [2.75, 3.05) is 25.1 Å². The number of rotatable bonds is 5. The lowest BCUT2D eigenvalue weighted by atomic mass is 10.2. The minimum Gasteiger partial charge on any atom is -0.486 e. The van der Waals surface area contributed by atoms with Crippen molar-refractivity contribution in [3.05, 3.63) is 46.8 Å². The second-order valence-corrected chi connectivity index (χ2v) is 5.77. The van der Waals surface area contributed by atoms with E-state index in [-0.39, 0.29) is 0 Å². The zero-order chi connectivity index (χ0) is 17.6. The second kappa shape index (κ2) is 7.89. The number of hydrogen-bond donors (Lipinski definition) is 1. The smallest absolute Gasteiger partial charge is 0.331 e. The predicted octanol–water partition coefficient (Wildman–Crippen LogP) is 3.01. The molecule has 0 atom stereocenters. The first-order valence-electron chi connectivity index (χ1n) is 7.40. The van der Waals surface area contributed by atoms with Crippen molar-refractivity contribution in [3.63, 3.8) is 0 Å². The van der Waals surface area contributed by atoms with Crippen LogP contribution in [0.4, 0.5) is 5.69 Å². The normalized spacial score (nSPS) is 12.8. The average Bonchev–Trinajstić information content (AvgIpc) is 3.03. The summed E-state index contributed by atoms with van der Waals surface area (Å²) in [7, 11) is 0. The van der Waals surface area contributed by atoms with E-state index in [1.165, 1.54) is 12.2 Å². The highest BCUT2D eigenvalue weighted by atomic mass is 79.9. The third-order valence-electron chi connectivity index (χ3n) is 3.15. The van der Waals surface area contributed by atoms with Gasteiger partial charge in [-0.05, 0) is 46.3 Å². The first-order chi connectivity index (χ1) is 12.1. The molecule has 1 N–H and O–H groups in total. The molecule has 7 nitrogen and oxygen atoms in total. The van der Waals surface area contributed by atoms with Gasteiger partial charge in [-0.1, -0.05) is 0 Å². The van der Waals surface area contributed by atoms with Crippen LogP contribution >= 0.6 is 15.9 Å². The van der Waals surface area contributed by atoms with E-state index < -0.39 is 18.5 Å². The summed E-state index contributed by atoms with van der Waals surface area (Å²) in [6.07, 6.45) is 2.63. The van der Waals surface area contributed by atoms with Gasteiger partial charge in [0.15, 0.2) is 22.8 Å². The van der Waals surface area contributed by atoms with E-state index in [0.717, 1.165) is 0 Å². The van der Waals surface area contributed by atoms with Crippen LogP contribution in [-0.2, 0) is 14.3 Å². The molecule has 0 spiro atoms. The van der Waals surface area contributed by atoms with Gasteiger partial charge in [-0.25, -0.2) is 4.79 Å². The zero-order valence-corrected chi connectivity index (χ0v) is 14.6. The SMILES string of the molecule is O=C(COC(=O)C=Cc1ccc(Br)o1)Nc1ccc2c(c1)OCCO2. The quantitative estimate of drug-likeness (QED) is 0.605. The highest BCUT2D eigenvalue weighted by Gasteiger charge is 2.13. The van der Waals surface area contributed by atoms with E-state index >= 15 is 0 Å². The highest BCUT2D eigenvalue weighted by Crippen LogP contribution is 2.32. The van der Waals surface area contributed by atoms with Gasteiger partial charge in [-0.3, -0.25) is 4.79 Å². The molecule has 1 aliphatic rings. The van der Waals surface area contributed by atoms with Gasteiger partial charge in [0, 0.05) is 17.8 Å². The molecule has 1 aliphatic heterocycles. The zero-order valence-electron chi connectivity index (χ0n) is 13.0. The number of carbonyl (C=O) groups is 2. The number of ether oxygens (including phenoxy) is 3. The molecule has 1 aromatic carbocycles. The van der Waals surface area contributed by atoms with Gasteiger partial charge in [0.1, 0.15) is 19.0 Å². The van der Waals surface area contributed by atoms with Gasteiger partial charge in [0.05, 0.1) is 0 Å². The number of amides is 1. The van der Waals surface area contributed by atoms with Crippen LogP contribution in [0.15, 0.2) is 45.5 Å². The number of benzene rings is 1. The molecule has 0 unspecified atom stereocenters. The van der Waals surface area contributed by atoms with Crippen LogP contribution in [0.5, 0.6) is 11.5 Å². The molecule has 0 fully saturated rings. The number of halogens is 1. The molecule has 0 saturated carbocycles. The van der Waals surface area contributed by atoms with Crippen molar-refractivity contribution in [3.8, 4) is 11.5 Å². The van der Waals surface area contributed by atoms with Crippen molar-refractivity contribution >= 4 is 39.6 Å². The van der Waals surface area contributed by atoms with Gasteiger partial charge in [0.25, 0.3) is 5.91 Å². The summed E-state index contributed by atoms with van der Waals surface area (Å²) < 4.78 is 21.5. The lowest BCUT2D eigenvalue weighted by Crippen LogP contribution is -2.20. The summed E-state index contributed by atoms with van der Waals surface area (Å²) in [4.78, 5) is 23.4. The monoisotopic (exact) mass is 407 g/mol. The van der Waals surface area contributed by atoms with Crippen molar-refractivity contribution in [1.29, 1.82) is 0 Å².